The number of carbonyl (C=O) groups is 1. The lowest BCUT2D eigenvalue weighted by Gasteiger charge is -2.32. The Morgan fingerprint density at radius 1 is 1.64 bits per heavy atom. The Balaban J connectivity index is 2.26. The van der Waals surface area contributed by atoms with Crippen LogP contribution in [0.2, 0.25) is 0 Å². The lowest BCUT2D eigenvalue weighted by molar-refractivity contribution is -0.137. The normalized spacial score (nSPS) is 19.4. The van der Waals surface area contributed by atoms with Crippen molar-refractivity contribution >= 4 is 17.6 Å². The summed E-state index contributed by atoms with van der Waals surface area (Å²) < 4.78 is 0. The zero-order chi connectivity index (χ0) is 10.6. The quantitative estimate of drug-likeness (QED) is 0.693. The van der Waals surface area contributed by atoms with Gasteiger partial charge in [0.15, 0.2) is 0 Å². The highest BCUT2D eigenvalue weighted by Crippen LogP contribution is 2.27. The highest BCUT2D eigenvalue weighted by Gasteiger charge is 2.23. The molecule has 0 saturated heterocycles. The van der Waals surface area contributed by atoms with E-state index in [0.29, 0.717) is 6.54 Å². The third kappa shape index (κ3) is 3.46. The molecule has 4 heteroatoms. The summed E-state index contributed by atoms with van der Waals surface area (Å²) in [7, 11) is 0. The van der Waals surface area contributed by atoms with E-state index in [4.69, 9.17) is 16.7 Å². The lowest BCUT2D eigenvalue weighted by Crippen LogP contribution is -2.38. The Bertz CT molecular complexity index is 195. The molecule has 1 unspecified atom stereocenters. The first-order chi connectivity index (χ1) is 6.63. The van der Waals surface area contributed by atoms with Crippen LogP contribution in [0.15, 0.2) is 0 Å². The third-order valence-corrected chi connectivity index (χ3v) is 3.20. The number of nitrogens with zero attached hydrogens (tertiary/aromatic N) is 1. The Hall–Kier alpha value is -0.280. The standard InChI is InChI=1S/C10H18ClNO2/c1-2-12(6-8-4-3-5-8)7-9(11)10(13)14/h8-9H,2-7H2,1H3,(H,13,14). The fourth-order valence-electron chi connectivity index (χ4n) is 1.68. The molecule has 82 valence electrons. The summed E-state index contributed by atoms with van der Waals surface area (Å²) in [6.07, 6.45) is 3.90. The van der Waals surface area contributed by atoms with Crippen molar-refractivity contribution in [3.05, 3.63) is 0 Å². The van der Waals surface area contributed by atoms with Crippen LogP contribution < -0.4 is 0 Å². The minimum Gasteiger partial charge on any atom is -0.480 e. The summed E-state index contributed by atoms with van der Waals surface area (Å²) in [5, 5.41) is 7.90. The van der Waals surface area contributed by atoms with Crippen molar-refractivity contribution in [2.75, 3.05) is 19.6 Å². The molecule has 1 atom stereocenters. The van der Waals surface area contributed by atoms with Crippen LogP contribution >= 0.6 is 11.6 Å². The van der Waals surface area contributed by atoms with Crippen LogP contribution in [0.25, 0.3) is 0 Å². The predicted molar refractivity (Wildman–Crippen MR) is 56.7 cm³/mol. The highest BCUT2D eigenvalue weighted by molar-refractivity contribution is 6.29. The molecule has 0 heterocycles. The molecule has 3 nitrogen and oxygen atoms in total. The summed E-state index contributed by atoms with van der Waals surface area (Å²) >= 11 is 5.69. The fraction of sp³-hybridized carbons (Fsp3) is 0.900. The van der Waals surface area contributed by atoms with Crippen LogP contribution in [0.5, 0.6) is 0 Å². The van der Waals surface area contributed by atoms with E-state index in [1.54, 1.807) is 0 Å². The molecule has 0 spiro atoms. The molecule has 0 aromatic heterocycles. The van der Waals surface area contributed by atoms with Crippen LogP contribution in [-0.2, 0) is 4.79 Å². The minimum atomic E-state index is -0.918. The van der Waals surface area contributed by atoms with Crippen molar-refractivity contribution in [1.29, 1.82) is 0 Å². The van der Waals surface area contributed by atoms with E-state index in [1.165, 1.54) is 19.3 Å². The van der Waals surface area contributed by atoms with Crippen molar-refractivity contribution in [1.82, 2.24) is 4.90 Å². The highest BCUT2D eigenvalue weighted by atomic mass is 35.5. The van der Waals surface area contributed by atoms with Gasteiger partial charge in [0, 0.05) is 13.1 Å². The van der Waals surface area contributed by atoms with Crippen molar-refractivity contribution in [2.45, 2.75) is 31.6 Å². The zero-order valence-electron chi connectivity index (χ0n) is 8.58. The summed E-state index contributed by atoms with van der Waals surface area (Å²) in [6, 6.07) is 0. The third-order valence-electron chi connectivity index (χ3n) is 2.87. The molecule has 0 aliphatic heterocycles. The Morgan fingerprint density at radius 2 is 2.29 bits per heavy atom. The van der Waals surface area contributed by atoms with Gasteiger partial charge in [-0.3, -0.25) is 4.79 Å². The molecule has 0 bridgehead atoms. The molecule has 0 radical (unpaired) electrons. The van der Waals surface area contributed by atoms with E-state index in [2.05, 4.69) is 4.90 Å². The van der Waals surface area contributed by atoms with Gasteiger partial charge >= 0.3 is 5.97 Å². The van der Waals surface area contributed by atoms with Crippen molar-refractivity contribution < 1.29 is 9.90 Å². The minimum absolute atomic E-state index is 0.462. The first-order valence-electron chi connectivity index (χ1n) is 5.22. The van der Waals surface area contributed by atoms with Crippen LogP contribution in [0.3, 0.4) is 0 Å². The molecule has 1 aliphatic rings. The molecule has 0 amide bonds. The Labute approximate surface area is 90.0 Å². The number of halogens is 1. The number of carboxylic acids is 1. The summed E-state index contributed by atoms with van der Waals surface area (Å²) in [6.45, 7) is 4.40. The maximum absolute atomic E-state index is 10.6. The summed E-state index contributed by atoms with van der Waals surface area (Å²) in [5.74, 6) is -0.147. The van der Waals surface area contributed by atoms with Gasteiger partial charge in [-0.1, -0.05) is 13.3 Å². The van der Waals surface area contributed by atoms with Crippen molar-refractivity contribution in [2.24, 2.45) is 5.92 Å². The molecular formula is C10H18ClNO2. The second-order valence-electron chi connectivity index (χ2n) is 3.95. The van der Waals surface area contributed by atoms with Crippen LogP contribution in [-0.4, -0.2) is 41.0 Å². The van der Waals surface area contributed by atoms with Gasteiger partial charge in [-0.25, -0.2) is 0 Å². The molecule has 0 aromatic rings. The molecule has 1 rings (SSSR count). The van der Waals surface area contributed by atoms with Crippen LogP contribution in [0, 0.1) is 5.92 Å². The number of hydrogen-bond donors (Lipinski definition) is 1. The van der Waals surface area contributed by atoms with E-state index in [1.807, 2.05) is 6.92 Å². The summed E-state index contributed by atoms with van der Waals surface area (Å²) in [5.41, 5.74) is 0. The Kier molecular flexibility index (Phi) is 4.69. The van der Waals surface area contributed by atoms with E-state index < -0.39 is 11.3 Å². The average molecular weight is 220 g/mol. The fourth-order valence-corrected chi connectivity index (χ4v) is 1.87. The predicted octanol–water partition coefficient (Wildman–Crippen LogP) is 1.80. The molecule has 1 aliphatic carbocycles. The topological polar surface area (TPSA) is 40.5 Å². The van der Waals surface area contributed by atoms with Gasteiger partial charge in [-0.2, -0.15) is 0 Å². The first kappa shape index (κ1) is 11.8. The lowest BCUT2D eigenvalue weighted by atomic mass is 9.85. The smallest absolute Gasteiger partial charge is 0.322 e. The van der Waals surface area contributed by atoms with Crippen molar-refractivity contribution in [3.8, 4) is 0 Å². The molecule has 1 fully saturated rings. The van der Waals surface area contributed by atoms with E-state index >= 15 is 0 Å². The van der Waals surface area contributed by atoms with Crippen LogP contribution in [0.4, 0.5) is 0 Å². The van der Waals surface area contributed by atoms with E-state index in [9.17, 15) is 4.79 Å². The van der Waals surface area contributed by atoms with Crippen LogP contribution in [0.1, 0.15) is 26.2 Å². The maximum Gasteiger partial charge on any atom is 0.322 e. The molecular weight excluding hydrogens is 202 g/mol. The van der Waals surface area contributed by atoms with E-state index in [-0.39, 0.29) is 0 Å². The Morgan fingerprint density at radius 3 is 2.64 bits per heavy atom. The van der Waals surface area contributed by atoms with Crippen molar-refractivity contribution in [3.63, 3.8) is 0 Å². The largest absolute Gasteiger partial charge is 0.480 e. The zero-order valence-corrected chi connectivity index (χ0v) is 9.33. The molecule has 1 N–H and O–H groups in total. The van der Waals surface area contributed by atoms with E-state index in [0.717, 1.165) is 19.0 Å². The SMILES string of the molecule is CCN(CC1CCC1)CC(Cl)C(=O)O. The summed E-state index contributed by atoms with van der Waals surface area (Å²) in [4.78, 5) is 12.7. The first-order valence-corrected chi connectivity index (χ1v) is 5.66. The second kappa shape index (κ2) is 5.56. The van der Waals surface area contributed by atoms with Gasteiger partial charge in [-0.05, 0) is 25.3 Å². The monoisotopic (exact) mass is 219 g/mol. The molecule has 14 heavy (non-hydrogen) atoms. The van der Waals surface area contributed by atoms with Gasteiger partial charge in [0.25, 0.3) is 0 Å². The number of alkyl halides is 1. The number of hydrogen-bond acceptors (Lipinski definition) is 2. The number of aliphatic carboxylic acids is 1. The maximum atomic E-state index is 10.6. The van der Waals surface area contributed by atoms with Gasteiger partial charge in [0.2, 0.25) is 0 Å². The number of rotatable bonds is 6. The molecule has 0 aromatic carbocycles. The van der Waals surface area contributed by atoms with Gasteiger partial charge < -0.3 is 10.0 Å². The number of carboxylic acid groups (broad SMARTS) is 1. The van der Waals surface area contributed by atoms with Gasteiger partial charge in [0.05, 0.1) is 0 Å². The van der Waals surface area contributed by atoms with Gasteiger partial charge in [-0.15, -0.1) is 11.6 Å². The molecule has 1 saturated carbocycles. The van der Waals surface area contributed by atoms with Gasteiger partial charge in [0.1, 0.15) is 5.38 Å². The second-order valence-corrected chi connectivity index (χ2v) is 4.48. The average Bonchev–Trinajstić information content (AvgIpc) is 2.08.